The highest BCUT2D eigenvalue weighted by Crippen LogP contribution is 2.32. The Morgan fingerprint density at radius 1 is 1.21 bits per heavy atom. The Bertz CT molecular complexity index is 985. The van der Waals surface area contributed by atoms with Crippen LogP contribution in [-0.2, 0) is 14.3 Å². The summed E-state index contributed by atoms with van der Waals surface area (Å²) < 4.78 is 4.78. The van der Waals surface area contributed by atoms with Crippen molar-refractivity contribution in [1.29, 1.82) is 0 Å². The van der Waals surface area contributed by atoms with E-state index in [4.69, 9.17) is 4.74 Å². The summed E-state index contributed by atoms with van der Waals surface area (Å²) in [6, 6.07) is 15.2. The molecule has 1 aliphatic rings. The summed E-state index contributed by atoms with van der Waals surface area (Å²) in [5.41, 5.74) is 4.06. The molecule has 1 atom stereocenters. The highest BCUT2D eigenvalue weighted by atomic mass is 32.2. The van der Waals surface area contributed by atoms with Gasteiger partial charge in [0.25, 0.3) is 0 Å². The number of thioether (sulfide) groups is 1. The number of hydrogen-bond donors (Lipinski definition) is 2. The summed E-state index contributed by atoms with van der Waals surface area (Å²) in [7, 11) is 1.36. The van der Waals surface area contributed by atoms with Crippen LogP contribution in [0.3, 0.4) is 0 Å². The van der Waals surface area contributed by atoms with Crippen molar-refractivity contribution in [2.75, 3.05) is 17.7 Å². The minimum Gasteiger partial charge on any atom is -0.469 e. The molecule has 3 rings (SSSR count). The Labute approximate surface area is 174 Å². The highest BCUT2D eigenvalue weighted by Gasteiger charge is 2.19. The molecule has 0 aliphatic carbocycles. The second kappa shape index (κ2) is 9.43. The monoisotopic (exact) mass is 409 g/mol. The summed E-state index contributed by atoms with van der Waals surface area (Å²) in [6.07, 6.45) is 1.88. The number of rotatable bonds is 5. The molecule has 1 heterocycles. The van der Waals surface area contributed by atoms with Crippen LogP contribution in [0.15, 0.2) is 65.3 Å². The van der Waals surface area contributed by atoms with E-state index < -0.39 is 0 Å². The molecule has 0 spiro atoms. The van der Waals surface area contributed by atoms with Gasteiger partial charge in [0.15, 0.2) is 0 Å². The predicted molar refractivity (Wildman–Crippen MR) is 119 cm³/mol. The molecule has 150 valence electrons. The number of methoxy groups -OCH3 is 1. The first-order valence-corrected chi connectivity index (χ1v) is 10.1. The van der Waals surface area contributed by atoms with Crippen molar-refractivity contribution in [3.05, 3.63) is 65.9 Å². The van der Waals surface area contributed by atoms with E-state index in [9.17, 15) is 9.59 Å². The molecule has 1 unspecified atom stereocenters. The van der Waals surface area contributed by atoms with E-state index >= 15 is 0 Å². The molecule has 0 fully saturated rings. The molecule has 0 saturated heterocycles. The van der Waals surface area contributed by atoms with Crippen molar-refractivity contribution >= 4 is 45.7 Å². The second-order valence-corrected chi connectivity index (χ2v) is 7.99. The molecule has 6 nitrogen and oxygen atoms in total. The van der Waals surface area contributed by atoms with Gasteiger partial charge < -0.3 is 15.4 Å². The van der Waals surface area contributed by atoms with E-state index in [1.54, 1.807) is 6.08 Å². The number of amides is 1. The molecule has 0 bridgehead atoms. The van der Waals surface area contributed by atoms with Gasteiger partial charge in [-0.15, -0.1) is 0 Å². The lowest BCUT2D eigenvalue weighted by Crippen LogP contribution is -2.23. The van der Waals surface area contributed by atoms with E-state index in [2.05, 4.69) is 15.6 Å². The van der Waals surface area contributed by atoms with Crippen LogP contribution in [-0.4, -0.2) is 29.3 Å². The fraction of sp³-hybridized carbons (Fsp3) is 0.227. The zero-order valence-electron chi connectivity index (χ0n) is 16.6. The number of ether oxygens (including phenoxy) is 1. The fourth-order valence-electron chi connectivity index (χ4n) is 2.77. The van der Waals surface area contributed by atoms with Gasteiger partial charge >= 0.3 is 5.97 Å². The van der Waals surface area contributed by atoms with Gasteiger partial charge in [-0.2, -0.15) is 0 Å². The Hall–Kier alpha value is -3.06. The maximum atomic E-state index is 12.6. The van der Waals surface area contributed by atoms with E-state index in [1.165, 1.54) is 18.9 Å². The number of nitrogens with zero attached hydrogens (tertiary/aromatic N) is 1. The van der Waals surface area contributed by atoms with Crippen LogP contribution in [0.4, 0.5) is 17.1 Å². The SMILES string of the molecule is COC(=O)CC1=CC(SC(C)C(=O)Nc2cccc(C)c2)=Nc2ccccc2N1. The maximum absolute atomic E-state index is 12.6. The second-order valence-electron chi connectivity index (χ2n) is 6.63. The predicted octanol–water partition coefficient (Wildman–Crippen LogP) is 4.66. The van der Waals surface area contributed by atoms with Crippen molar-refractivity contribution in [2.24, 2.45) is 4.99 Å². The third-order valence-electron chi connectivity index (χ3n) is 4.24. The number of fused-ring (bicyclic) bond motifs is 1. The third kappa shape index (κ3) is 5.71. The van der Waals surface area contributed by atoms with E-state index in [0.29, 0.717) is 10.7 Å². The smallest absolute Gasteiger partial charge is 0.311 e. The highest BCUT2D eigenvalue weighted by molar-refractivity contribution is 8.15. The summed E-state index contributed by atoms with van der Waals surface area (Å²) in [5.74, 6) is -0.463. The Morgan fingerprint density at radius 3 is 2.76 bits per heavy atom. The van der Waals surface area contributed by atoms with Gasteiger partial charge in [-0.25, -0.2) is 4.99 Å². The van der Waals surface area contributed by atoms with Crippen LogP contribution in [0.5, 0.6) is 0 Å². The van der Waals surface area contributed by atoms with Crippen LogP contribution < -0.4 is 10.6 Å². The molecule has 2 aromatic rings. The van der Waals surface area contributed by atoms with Crippen LogP contribution in [0.25, 0.3) is 0 Å². The standard InChI is InChI=1S/C22H23N3O3S/c1-14-7-6-8-16(11-14)24-22(27)15(2)29-20-12-17(13-21(26)28-3)23-18-9-4-5-10-19(18)25-20/h4-12,15,23H,13H2,1-3H3,(H,24,27). The van der Waals surface area contributed by atoms with Crippen molar-refractivity contribution in [3.63, 3.8) is 0 Å². The number of hydrogen-bond acceptors (Lipinski definition) is 6. The number of carbonyl (C=O) groups excluding carboxylic acids is 2. The number of nitrogens with one attached hydrogen (secondary N) is 2. The Kier molecular flexibility index (Phi) is 6.72. The van der Waals surface area contributed by atoms with Gasteiger partial charge in [-0.05, 0) is 49.8 Å². The number of anilines is 2. The zero-order chi connectivity index (χ0) is 20.8. The maximum Gasteiger partial charge on any atom is 0.311 e. The molecule has 7 heteroatoms. The average Bonchev–Trinajstić information content (AvgIpc) is 2.86. The minimum atomic E-state index is -0.379. The topological polar surface area (TPSA) is 79.8 Å². The Balaban J connectivity index is 1.78. The molecule has 1 aliphatic heterocycles. The molecular formula is C22H23N3O3S. The largest absolute Gasteiger partial charge is 0.469 e. The van der Waals surface area contributed by atoms with Crippen molar-refractivity contribution in [2.45, 2.75) is 25.5 Å². The lowest BCUT2D eigenvalue weighted by molar-refractivity contribution is -0.139. The Morgan fingerprint density at radius 2 is 2.00 bits per heavy atom. The molecule has 29 heavy (non-hydrogen) atoms. The molecule has 0 aromatic heterocycles. The first-order chi connectivity index (χ1) is 13.9. The molecular weight excluding hydrogens is 386 g/mol. The molecule has 2 N–H and O–H groups in total. The number of para-hydroxylation sites is 2. The van der Waals surface area contributed by atoms with Crippen LogP contribution in [0.1, 0.15) is 18.9 Å². The number of carbonyl (C=O) groups is 2. The lowest BCUT2D eigenvalue weighted by atomic mass is 10.2. The molecule has 2 aromatic carbocycles. The van der Waals surface area contributed by atoms with Gasteiger partial charge in [0.1, 0.15) is 0 Å². The summed E-state index contributed by atoms with van der Waals surface area (Å²) in [5, 5.41) is 6.44. The van der Waals surface area contributed by atoms with Crippen LogP contribution >= 0.6 is 11.8 Å². The van der Waals surface area contributed by atoms with Crippen molar-refractivity contribution in [3.8, 4) is 0 Å². The first-order valence-electron chi connectivity index (χ1n) is 9.21. The van der Waals surface area contributed by atoms with Crippen molar-refractivity contribution < 1.29 is 14.3 Å². The average molecular weight is 410 g/mol. The first kappa shape index (κ1) is 20.7. The van der Waals surface area contributed by atoms with Crippen LogP contribution in [0.2, 0.25) is 0 Å². The number of aryl methyl sites for hydroxylation is 1. The quantitative estimate of drug-likeness (QED) is 0.702. The fourth-order valence-corrected chi connectivity index (χ4v) is 3.66. The minimum absolute atomic E-state index is 0.0916. The van der Waals surface area contributed by atoms with Crippen LogP contribution in [0, 0.1) is 6.92 Å². The third-order valence-corrected chi connectivity index (χ3v) is 5.26. The lowest BCUT2D eigenvalue weighted by Gasteiger charge is -2.12. The zero-order valence-corrected chi connectivity index (χ0v) is 17.4. The van der Waals surface area contributed by atoms with E-state index in [0.717, 1.165) is 22.6 Å². The van der Waals surface area contributed by atoms with Gasteiger partial charge in [-0.1, -0.05) is 36.0 Å². The van der Waals surface area contributed by atoms with Crippen molar-refractivity contribution in [1.82, 2.24) is 0 Å². The summed E-state index contributed by atoms with van der Waals surface area (Å²) in [6.45, 7) is 3.81. The van der Waals surface area contributed by atoms with E-state index in [1.807, 2.05) is 62.4 Å². The normalized spacial score (nSPS) is 13.8. The molecule has 1 amide bonds. The van der Waals surface area contributed by atoms with Gasteiger partial charge in [-0.3, -0.25) is 9.59 Å². The number of aliphatic imine (C=N–C) groups is 1. The number of esters is 1. The molecule has 0 radical (unpaired) electrons. The van der Waals surface area contributed by atoms with E-state index in [-0.39, 0.29) is 23.5 Å². The van der Waals surface area contributed by atoms with Gasteiger partial charge in [0.2, 0.25) is 5.91 Å². The summed E-state index contributed by atoms with van der Waals surface area (Å²) >= 11 is 1.34. The number of benzene rings is 2. The van der Waals surface area contributed by atoms with Gasteiger partial charge in [0.05, 0.1) is 35.2 Å². The summed E-state index contributed by atoms with van der Waals surface area (Å²) in [4.78, 5) is 29.1. The van der Waals surface area contributed by atoms with Gasteiger partial charge in [0, 0.05) is 11.4 Å². The molecule has 0 saturated carbocycles.